The fourth-order valence-corrected chi connectivity index (χ4v) is 5.32. The first-order valence-electron chi connectivity index (χ1n) is 10.3. The molecule has 1 atom stereocenters. The Morgan fingerprint density at radius 1 is 1.31 bits per heavy atom. The Morgan fingerprint density at radius 3 is 2.90 bits per heavy atom. The summed E-state index contributed by atoms with van der Waals surface area (Å²) in [6.45, 7) is 6.07. The largest absolute Gasteiger partial charge is 0.491 e. The predicted molar refractivity (Wildman–Crippen MR) is 119 cm³/mol. The lowest BCUT2D eigenvalue weighted by Gasteiger charge is -2.25. The minimum absolute atomic E-state index is 0.0502. The number of rotatable bonds is 7. The van der Waals surface area contributed by atoms with Crippen LogP contribution in [-0.2, 0) is 9.84 Å². The third-order valence-corrected chi connectivity index (χ3v) is 6.91. The van der Waals surface area contributed by atoms with Crippen molar-refractivity contribution in [2.24, 2.45) is 11.7 Å². The van der Waals surface area contributed by atoms with Crippen molar-refractivity contribution in [1.82, 2.24) is 4.98 Å². The number of anilines is 1. The number of pyridine rings is 1. The molecule has 1 saturated heterocycles. The Bertz CT molecular complexity index is 973. The number of fused-ring (bicyclic) bond motifs is 1. The van der Waals surface area contributed by atoms with Gasteiger partial charge in [0.25, 0.3) is 0 Å². The summed E-state index contributed by atoms with van der Waals surface area (Å²) in [7, 11) is -3.07. The quantitative estimate of drug-likeness (QED) is 0.697. The molecular weight excluding hydrogens is 386 g/mol. The van der Waals surface area contributed by atoms with Crippen molar-refractivity contribution in [2.75, 3.05) is 42.6 Å². The standard InChI is InChI=1S/C22H31N3O3S/c1-3-4-5-6-18-15-25(10-12-29(26,27)16-18)22-14-21(28-11-9-23)19-13-17(2)7-8-20(19)24-22/h4-5,7-8,13-14,18H,3,6,9-12,15-16,23H2,1-2H3. The van der Waals surface area contributed by atoms with Gasteiger partial charge < -0.3 is 15.4 Å². The van der Waals surface area contributed by atoms with E-state index in [-0.39, 0.29) is 17.4 Å². The van der Waals surface area contributed by atoms with Crippen LogP contribution < -0.4 is 15.4 Å². The molecule has 1 unspecified atom stereocenters. The number of hydrogen-bond donors (Lipinski definition) is 1. The third kappa shape index (κ3) is 5.70. The maximum Gasteiger partial charge on any atom is 0.152 e. The van der Waals surface area contributed by atoms with Gasteiger partial charge in [-0.05, 0) is 37.8 Å². The summed E-state index contributed by atoms with van der Waals surface area (Å²) >= 11 is 0. The van der Waals surface area contributed by atoms with Crippen LogP contribution in [0.1, 0.15) is 25.3 Å². The minimum Gasteiger partial charge on any atom is -0.491 e. The zero-order valence-electron chi connectivity index (χ0n) is 17.3. The van der Waals surface area contributed by atoms with Gasteiger partial charge >= 0.3 is 0 Å². The van der Waals surface area contributed by atoms with E-state index >= 15 is 0 Å². The zero-order chi connectivity index (χ0) is 20.9. The fourth-order valence-electron chi connectivity index (χ4n) is 3.70. The van der Waals surface area contributed by atoms with Crippen molar-refractivity contribution in [3.63, 3.8) is 0 Å². The molecule has 6 nitrogen and oxygen atoms in total. The number of sulfone groups is 1. The van der Waals surface area contributed by atoms with E-state index in [4.69, 9.17) is 15.5 Å². The number of ether oxygens (including phenoxy) is 1. The van der Waals surface area contributed by atoms with Gasteiger partial charge in [0.1, 0.15) is 18.2 Å². The summed E-state index contributed by atoms with van der Waals surface area (Å²) in [5.41, 5.74) is 7.61. The van der Waals surface area contributed by atoms with Gasteiger partial charge in [-0.3, -0.25) is 0 Å². The van der Waals surface area contributed by atoms with Gasteiger partial charge in [-0.1, -0.05) is 30.7 Å². The first-order chi connectivity index (χ1) is 13.9. The first-order valence-corrected chi connectivity index (χ1v) is 12.1. The van der Waals surface area contributed by atoms with Crippen LogP contribution in [0.2, 0.25) is 0 Å². The van der Waals surface area contributed by atoms with Crippen molar-refractivity contribution >= 4 is 26.6 Å². The molecule has 3 rings (SSSR count). The highest BCUT2D eigenvalue weighted by molar-refractivity contribution is 7.91. The molecule has 29 heavy (non-hydrogen) atoms. The van der Waals surface area contributed by atoms with Crippen molar-refractivity contribution in [3.05, 3.63) is 42.0 Å². The molecule has 1 aromatic carbocycles. The molecule has 7 heteroatoms. The molecule has 0 aliphatic carbocycles. The Kier molecular flexibility index (Phi) is 7.14. The maximum atomic E-state index is 12.4. The van der Waals surface area contributed by atoms with Crippen LogP contribution in [0, 0.1) is 12.8 Å². The van der Waals surface area contributed by atoms with E-state index < -0.39 is 9.84 Å². The SMILES string of the molecule is CCC=CCC1CN(c2cc(OCCN)c3cc(C)ccc3n2)CCS(=O)(=O)C1. The van der Waals surface area contributed by atoms with Gasteiger partial charge in [0.2, 0.25) is 0 Å². The van der Waals surface area contributed by atoms with Crippen molar-refractivity contribution in [2.45, 2.75) is 26.7 Å². The van der Waals surface area contributed by atoms with E-state index in [1.807, 2.05) is 25.1 Å². The van der Waals surface area contributed by atoms with Gasteiger partial charge in [-0.25, -0.2) is 13.4 Å². The molecule has 2 aromatic rings. The number of aryl methyl sites for hydroxylation is 1. The molecule has 0 bridgehead atoms. The van der Waals surface area contributed by atoms with E-state index in [1.165, 1.54) is 0 Å². The smallest absolute Gasteiger partial charge is 0.152 e. The predicted octanol–water partition coefficient (Wildman–Crippen LogP) is 3.09. The molecular formula is C22H31N3O3S. The average Bonchev–Trinajstić information content (AvgIpc) is 2.84. The van der Waals surface area contributed by atoms with Crippen LogP contribution in [0.15, 0.2) is 36.4 Å². The number of aromatic nitrogens is 1. The molecule has 1 aliphatic heterocycles. The Balaban J connectivity index is 1.96. The highest BCUT2D eigenvalue weighted by Gasteiger charge is 2.27. The maximum absolute atomic E-state index is 12.4. The second kappa shape index (κ2) is 9.59. The lowest BCUT2D eigenvalue weighted by atomic mass is 10.1. The summed E-state index contributed by atoms with van der Waals surface area (Å²) < 4.78 is 30.8. The van der Waals surface area contributed by atoms with E-state index in [9.17, 15) is 8.42 Å². The zero-order valence-corrected chi connectivity index (χ0v) is 18.1. The minimum atomic E-state index is -3.07. The number of benzene rings is 1. The summed E-state index contributed by atoms with van der Waals surface area (Å²) in [6.07, 6.45) is 5.90. The van der Waals surface area contributed by atoms with Crippen molar-refractivity contribution in [3.8, 4) is 5.75 Å². The Hall–Kier alpha value is -2.12. The number of nitrogens with two attached hydrogens (primary N) is 1. The van der Waals surface area contributed by atoms with Crippen LogP contribution in [-0.4, -0.2) is 51.1 Å². The van der Waals surface area contributed by atoms with E-state index in [0.717, 1.165) is 40.9 Å². The van der Waals surface area contributed by atoms with Crippen LogP contribution in [0.25, 0.3) is 10.9 Å². The van der Waals surface area contributed by atoms with Gasteiger partial charge in [0.15, 0.2) is 9.84 Å². The molecule has 158 valence electrons. The number of hydrogen-bond acceptors (Lipinski definition) is 6. The molecule has 0 spiro atoms. The monoisotopic (exact) mass is 417 g/mol. The normalized spacial score (nSPS) is 19.6. The molecule has 1 fully saturated rings. The van der Waals surface area contributed by atoms with Crippen LogP contribution >= 0.6 is 0 Å². The van der Waals surface area contributed by atoms with E-state index in [2.05, 4.69) is 30.0 Å². The molecule has 2 heterocycles. The molecule has 0 saturated carbocycles. The van der Waals surface area contributed by atoms with Crippen LogP contribution in [0.3, 0.4) is 0 Å². The van der Waals surface area contributed by atoms with Gasteiger partial charge in [0.05, 0.1) is 17.0 Å². The van der Waals surface area contributed by atoms with Gasteiger partial charge in [-0.15, -0.1) is 0 Å². The third-order valence-electron chi connectivity index (χ3n) is 5.12. The van der Waals surface area contributed by atoms with E-state index in [0.29, 0.717) is 26.2 Å². The molecule has 0 amide bonds. The Labute approximate surface area is 173 Å². The summed E-state index contributed by atoms with van der Waals surface area (Å²) in [4.78, 5) is 6.92. The second-order valence-electron chi connectivity index (χ2n) is 7.68. The number of nitrogens with zero attached hydrogens (tertiary/aromatic N) is 2. The highest BCUT2D eigenvalue weighted by Crippen LogP contribution is 2.31. The fraction of sp³-hybridized carbons (Fsp3) is 0.500. The average molecular weight is 418 g/mol. The first kappa shape index (κ1) is 21.6. The van der Waals surface area contributed by atoms with Gasteiger partial charge in [-0.2, -0.15) is 0 Å². The lowest BCUT2D eigenvalue weighted by Crippen LogP contribution is -2.30. The van der Waals surface area contributed by atoms with Crippen molar-refractivity contribution in [1.29, 1.82) is 0 Å². The van der Waals surface area contributed by atoms with Gasteiger partial charge in [0, 0.05) is 31.1 Å². The number of allylic oxidation sites excluding steroid dienone is 2. The summed E-state index contributed by atoms with van der Waals surface area (Å²) in [5.74, 6) is 1.92. The topological polar surface area (TPSA) is 85.5 Å². The van der Waals surface area contributed by atoms with E-state index in [1.54, 1.807) is 0 Å². The lowest BCUT2D eigenvalue weighted by molar-refractivity contribution is 0.332. The summed E-state index contributed by atoms with van der Waals surface area (Å²) in [6, 6.07) is 7.99. The summed E-state index contributed by atoms with van der Waals surface area (Å²) in [5, 5.41) is 0.951. The Morgan fingerprint density at radius 2 is 2.14 bits per heavy atom. The second-order valence-corrected chi connectivity index (χ2v) is 9.91. The molecule has 2 N–H and O–H groups in total. The molecule has 0 radical (unpaired) electrons. The van der Waals surface area contributed by atoms with Crippen molar-refractivity contribution < 1.29 is 13.2 Å². The highest BCUT2D eigenvalue weighted by atomic mass is 32.2. The van der Waals surface area contributed by atoms with Crippen LogP contribution in [0.4, 0.5) is 5.82 Å². The van der Waals surface area contributed by atoms with Crippen LogP contribution in [0.5, 0.6) is 5.75 Å². The molecule has 1 aliphatic rings. The molecule has 1 aromatic heterocycles.